The van der Waals surface area contributed by atoms with Crippen molar-refractivity contribution in [3.8, 4) is 0 Å². The van der Waals surface area contributed by atoms with Gasteiger partial charge < -0.3 is 15.2 Å². The molecule has 11 heteroatoms. The Bertz CT molecular complexity index is 832. The first kappa shape index (κ1) is 18.0. The number of nitrogens with zero attached hydrogens (tertiary/aromatic N) is 3. The number of aromatic nitrogens is 2. The molecule has 0 bridgehead atoms. The van der Waals surface area contributed by atoms with Crippen LogP contribution in [0.25, 0.3) is 0 Å². The van der Waals surface area contributed by atoms with E-state index >= 15 is 0 Å². The molecule has 0 aromatic carbocycles. The lowest BCUT2D eigenvalue weighted by molar-refractivity contribution is -0.149. The third-order valence-electron chi connectivity index (χ3n) is 4.04. The molecule has 0 radical (unpaired) electrons. The second kappa shape index (κ2) is 6.83. The molecular formula is C15H16N4O6S. The maximum absolute atomic E-state index is 12.5. The van der Waals surface area contributed by atoms with Gasteiger partial charge in [-0.1, -0.05) is 0 Å². The number of amides is 2. The van der Waals surface area contributed by atoms with Gasteiger partial charge in [-0.05, 0) is 6.07 Å². The molecule has 26 heavy (non-hydrogen) atoms. The van der Waals surface area contributed by atoms with Crippen LogP contribution in [0.15, 0.2) is 23.5 Å². The van der Waals surface area contributed by atoms with E-state index in [2.05, 4.69) is 10.4 Å². The maximum Gasteiger partial charge on any atom is 0.352 e. The van der Waals surface area contributed by atoms with Crippen LogP contribution in [0.2, 0.25) is 0 Å². The highest BCUT2D eigenvalue weighted by atomic mass is 32.2. The number of carboxylic acids is 1. The summed E-state index contributed by atoms with van der Waals surface area (Å²) in [5.41, 5.74) is 0.450. The third-order valence-corrected chi connectivity index (χ3v) is 5.38. The van der Waals surface area contributed by atoms with Gasteiger partial charge in [0, 0.05) is 31.5 Å². The Morgan fingerprint density at radius 2 is 2.19 bits per heavy atom. The molecule has 2 aliphatic heterocycles. The Kier molecular flexibility index (Phi) is 4.72. The van der Waals surface area contributed by atoms with E-state index in [0.29, 0.717) is 11.3 Å². The van der Waals surface area contributed by atoms with Gasteiger partial charge in [0.2, 0.25) is 0 Å². The van der Waals surface area contributed by atoms with Crippen molar-refractivity contribution in [3.63, 3.8) is 0 Å². The molecule has 1 fully saturated rings. The van der Waals surface area contributed by atoms with E-state index in [-0.39, 0.29) is 18.1 Å². The summed E-state index contributed by atoms with van der Waals surface area (Å²) in [6, 6.07) is 0.691. The second-order valence-electron chi connectivity index (χ2n) is 5.74. The van der Waals surface area contributed by atoms with E-state index < -0.39 is 35.2 Å². The quantitative estimate of drug-likeness (QED) is 0.508. The highest BCUT2D eigenvalue weighted by molar-refractivity contribution is 8.00. The van der Waals surface area contributed by atoms with Crippen LogP contribution in [0.5, 0.6) is 0 Å². The minimum absolute atomic E-state index is 0.188. The summed E-state index contributed by atoms with van der Waals surface area (Å²) < 4.78 is 6.25. The molecule has 0 aliphatic carbocycles. The standard InChI is InChI=1S/C15H16N4O6S/c1-7(20)25-5-8-6-26-14-10(13(22)19(14)11(8)15(23)24)17-12(21)9-3-4-16-18(9)2/h3-4,10,14H,5-6H2,1-2H3,(H,17,21)(H,23,24)/t10-,14+/m0/s1. The predicted molar refractivity (Wildman–Crippen MR) is 88.8 cm³/mol. The lowest BCUT2D eigenvalue weighted by Crippen LogP contribution is -2.70. The number of hydrogen-bond acceptors (Lipinski definition) is 7. The summed E-state index contributed by atoms with van der Waals surface area (Å²) in [4.78, 5) is 48.4. The zero-order chi connectivity index (χ0) is 19.0. The first-order valence-electron chi connectivity index (χ1n) is 7.63. The Morgan fingerprint density at radius 3 is 2.77 bits per heavy atom. The van der Waals surface area contributed by atoms with Crippen LogP contribution in [-0.4, -0.2) is 67.3 Å². The van der Waals surface area contributed by atoms with Gasteiger partial charge in [-0.3, -0.25) is 24.0 Å². The first-order chi connectivity index (χ1) is 12.3. The molecule has 2 aliphatic rings. The fourth-order valence-electron chi connectivity index (χ4n) is 2.79. The van der Waals surface area contributed by atoms with Crippen molar-refractivity contribution in [1.29, 1.82) is 0 Å². The summed E-state index contributed by atoms with van der Waals surface area (Å²) in [6.07, 6.45) is 1.46. The second-order valence-corrected chi connectivity index (χ2v) is 6.84. The minimum Gasteiger partial charge on any atom is -0.477 e. The number of carboxylic acid groups (broad SMARTS) is 1. The summed E-state index contributed by atoms with van der Waals surface area (Å²) in [5, 5.41) is 15.5. The predicted octanol–water partition coefficient (Wildman–Crippen LogP) is -0.665. The molecule has 0 saturated carbocycles. The smallest absolute Gasteiger partial charge is 0.352 e. The number of esters is 1. The van der Waals surface area contributed by atoms with E-state index in [1.54, 1.807) is 7.05 Å². The Morgan fingerprint density at radius 1 is 1.46 bits per heavy atom. The molecule has 138 valence electrons. The first-order valence-corrected chi connectivity index (χ1v) is 8.68. The molecule has 2 atom stereocenters. The van der Waals surface area contributed by atoms with Crippen molar-refractivity contribution in [2.24, 2.45) is 7.05 Å². The van der Waals surface area contributed by atoms with Crippen molar-refractivity contribution in [3.05, 3.63) is 29.2 Å². The number of ether oxygens (including phenoxy) is 1. The van der Waals surface area contributed by atoms with Gasteiger partial charge in [0.25, 0.3) is 11.8 Å². The topological polar surface area (TPSA) is 131 Å². The number of carbonyl (C=O) groups is 4. The van der Waals surface area contributed by atoms with E-state index in [4.69, 9.17) is 4.74 Å². The number of thioether (sulfide) groups is 1. The maximum atomic E-state index is 12.5. The molecule has 0 spiro atoms. The van der Waals surface area contributed by atoms with Crippen LogP contribution in [-0.2, 0) is 26.2 Å². The van der Waals surface area contributed by atoms with Crippen molar-refractivity contribution in [2.75, 3.05) is 12.4 Å². The summed E-state index contributed by atoms with van der Waals surface area (Å²) in [5.74, 6) is -2.51. The number of rotatable bonds is 5. The Labute approximate surface area is 152 Å². The fourth-order valence-corrected chi connectivity index (χ4v) is 4.12. The van der Waals surface area contributed by atoms with Gasteiger partial charge in [0.15, 0.2) is 0 Å². The zero-order valence-corrected chi connectivity index (χ0v) is 14.8. The monoisotopic (exact) mass is 380 g/mol. The summed E-state index contributed by atoms with van der Waals surface area (Å²) >= 11 is 1.30. The van der Waals surface area contributed by atoms with Gasteiger partial charge in [-0.2, -0.15) is 5.10 Å². The van der Waals surface area contributed by atoms with E-state index in [0.717, 1.165) is 4.90 Å². The lowest BCUT2D eigenvalue weighted by atomic mass is 10.0. The molecule has 2 N–H and O–H groups in total. The van der Waals surface area contributed by atoms with Crippen LogP contribution >= 0.6 is 11.8 Å². The molecule has 3 heterocycles. The number of fused-ring (bicyclic) bond motifs is 1. The van der Waals surface area contributed by atoms with Crippen molar-refractivity contribution in [2.45, 2.75) is 18.3 Å². The fraction of sp³-hybridized carbons (Fsp3) is 0.400. The largest absolute Gasteiger partial charge is 0.477 e. The lowest BCUT2D eigenvalue weighted by Gasteiger charge is -2.49. The van der Waals surface area contributed by atoms with E-state index in [1.165, 1.54) is 35.6 Å². The summed E-state index contributed by atoms with van der Waals surface area (Å²) in [6.45, 7) is 1.03. The highest BCUT2D eigenvalue weighted by Gasteiger charge is 2.54. The van der Waals surface area contributed by atoms with Crippen LogP contribution in [0.3, 0.4) is 0 Å². The number of aliphatic carboxylic acids is 1. The molecule has 3 rings (SSSR count). The average Bonchev–Trinajstić information content (AvgIpc) is 3.02. The number of β-lactam (4-membered cyclic amide) rings is 1. The third kappa shape index (κ3) is 3.05. The molecule has 1 aromatic heterocycles. The normalized spacial score (nSPS) is 21.8. The molecule has 1 saturated heterocycles. The van der Waals surface area contributed by atoms with Crippen LogP contribution in [0, 0.1) is 0 Å². The van der Waals surface area contributed by atoms with Crippen molar-refractivity contribution >= 4 is 35.5 Å². The Balaban J connectivity index is 1.77. The van der Waals surface area contributed by atoms with E-state index in [9.17, 15) is 24.3 Å². The number of nitrogens with one attached hydrogen (secondary N) is 1. The van der Waals surface area contributed by atoms with Gasteiger partial charge >= 0.3 is 11.9 Å². The minimum atomic E-state index is -1.28. The SMILES string of the molecule is CC(=O)OCC1=C(C(=O)O)N2C(=O)[C@H](NC(=O)c3ccnn3C)[C@H]2SC1. The van der Waals surface area contributed by atoms with Gasteiger partial charge in [-0.25, -0.2) is 4.79 Å². The molecule has 0 unspecified atom stereocenters. The molecular weight excluding hydrogens is 364 g/mol. The number of carbonyl (C=O) groups excluding carboxylic acids is 3. The molecule has 1 aromatic rings. The van der Waals surface area contributed by atoms with E-state index in [1.807, 2.05) is 0 Å². The van der Waals surface area contributed by atoms with Gasteiger partial charge in [0.05, 0.1) is 0 Å². The van der Waals surface area contributed by atoms with Gasteiger partial charge in [-0.15, -0.1) is 11.8 Å². The molecule has 10 nitrogen and oxygen atoms in total. The summed E-state index contributed by atoms with van der Waals surface area (Å²) in [7, 11) is 1.60. The van der Waals surface area contributed by atoms with Crippen molar-refractivity contribution < 1.29 is 29.0 Å². The van der Waals surface area contributed by atoms with Crippen LogP contribution < -0.4 is 5.32 Å². The zero-order valence-electron chi connectivity index (χ0n) is 14.0. The highest BCUT2D eigenvalue weighted by Crippen LogP contribution is 2.40. The number of hydrogen-bond donors (Lipinski definition) is 2. The average molecular weight is 380 g/mol. The van der Waals surface area contributed by atoms with Gasteiger partial charge in [0.1, 0.15) is 29.4 Å². The number of aryl methyl sites for hydroxylation is 1. The van der Waals surface area contributed by atoms with Crippen LogP contribution in [0.4, 0.5) is 0 Å². The Hall–Kier alpha value is -2.82. The van der Waals surface area contributed by atoms with Crippen LogP contribution in [0.1, 0.15) is 17.4 Å². The van der Waals surface area contributed by atoms with Crippen molar-refractivity contribution in [1.82, 2.24) is 20.0 Å². The molecule has 2 amide bonds.